The zero-order valence-corrected chi connectivity index (χ0v) is 12.0. The van der Waals surface area contributed by atoms with E-state index < -0.39 is 0 Å². The molecule has 0 saturated heterocycles. The van der Waals surface area contributed by atoms with Gasteiger partial charge in [0.1, 0.15) is 0 Å². The fraction of sp³-hybridized carbons (Fsp3) is 0.385. The quantitative estimate of drug-likeness (QED) is 0.628. The third-order valence-electron chi connectivity index (χ3n) is 2.34. The van der Waals surface area contributed by atoms with E-state index in [1.54, 1.807) is 11.8 Å². The number of rotatable bonds is 6. The maximum atomic E-state index is 6.05. The van der Waals surface area contributed by atoms with Crippen molar-refractivity contribution < 1.29 is 0 Å². The van der Waals surface area contributed by atoms with Gasteiger partial charge in [0.2, 0.25) is 0 Å². The summed E-state index contributed by atoms with van der Waals surface area (Å²) >= 11 is 5.33. The van der Waals surface area contributed by atoms with Crippen LogP contribution in [0.3, 0.4) is 0 Å². The molecule has 1 nitrogen and oxygen atoms in total. The molecule has 1 unspecified atom stereocenters. The molecule has 0 aliphatic rings. The Balaban J connectivity index is 2.40. The van der Waals surface area contributed by atoms with E-state index in [1.807, 2.05) is 12.1 Å². The molecule has 1 aromatic carbocycles. The standard InChI is InChI=1S/C13H18BrNS/c1-3-10(2)8-11(15)9-16-13-7-5-4-6-12(13)14/h4-7,11H,2-3,8-9,15H2,1H3. The van der Waals surface area contributed by atoms with Gasteiger partial charge in [-0.05, 0) is 40.9 Å². The Hall–Kier alpha value is -0.250. The summed E-state index contributed by atoms with van der Waals surface area (Å²) in [7, 11) is 0. The molecular formula is C13H18BrNS. The van der Waals surface area contributed by atoms with E-state index in [-0.39, 0.29) is 6.04 Å². The minimum absolute atomic E-state index is 0.199. The van der Waals surface area contributed by atoms with Gasteiger partial charge in [-0.1, -0.05) is 31.2 Å². The van der Waals surface area contributed by atoms with Gasteiger partial charge in [0, 0.05) is 21.2 Å². The van der Waals surface area contributed by atoms with E-state index in [1.165, 1.54) is 10.5 Å². The molecule has 1 atom stereocenters. The average Bonchev–Trinajstić information content (AvgIpc) is 2.28. The molecule has 0 fully saturated rings. The van der Waals surface area contributed by atoms with Crippen LogP contribution in [0.2, 0.25) is 0 Å². The number of hydrogen-bond donors (Lipinski definition) is 1. The molecular weight excluding hydrogens is 282 g/mol. The Morgan fingerprint density at radius 1 is 1.50 bits per heavy atom. The summed E-state index contributed by atoms with van der Waals surface area (Å²) in [6.45, 7) is 6.11. The van der Waals surface area contributed by atoms with Crippen LogP contribution in [0.5, 0.6) is 0 Å². The normalized spacial score (nSPS) is 12.4. The van der Waals surface area contributed by atoms with Crippen molar-refractivity contribution in [3.8, 4) is 0 Å². The minimum Gasteiger partial charge on any atom is -0.327 e. The largest absolute Gasteiger partial charge is 0.327 e. The first-order valence-electron chi connectivity index (χ1n) is 5.43. The third kappa shape index (κ3) is 4.73. The number of thioether (sulfide) groups is 1. The van der Waals surface area contributed by atoms with Crippen molar-refractivity contribution in [1.82, 2.24) is 0 Å². The summed E-state index contributed by atoms with van der Waals surface area (Å²) in [6, 6.07) is 8.43. The maximum absolute atomic E-state index is 6.05. The molecule has 0 heterocycles. The molecule has 16 heavy (non-hydrogen) atoms. The Labute approximate surface area is 111 Å². The minimum atomic E-state index is 0.199. The van der Waals surface area contributed by atoms with E-state index in [0.717, 1.165) is 23.1 Å². The fourth-order valence-corrected chi connectivity index (χ4v) is 2.85. The first-order valence-corrected chi connectivity index (χ1v) is 7.21. The molecule has 0 amide bonds. The summed E-state index contributed by atoms with van der Waals surface area (Å²) in [5.41, 5.74) is 7.29. The van der Waals surface area contributed by atoms with Crippen LogP contribution in [0, 0.1) is 0 Å². The molecule has 0 aliphatic heterocycles. The highest BCUT2D eigenvalue weighted by molar-refractivity contribution is 9.10. The first kappa shape index (κ1) is 13.8. The second-order valence-corrected chi connectivity index (χ2v) is 5.73. The fourth-order valence-electron chi connectivity index (χ4n) is 1.33. The van der Waals surface area contributed by atoms with Crippen molar-refractivity contribution in [2.45, 2.75) is 30.7 Å². The lowest BCUT2D eigenvalue weighted by atomic mass is 10.1. The van der Waals surface area contributed by atoms with Gasteiger partial charge in [0.25, 0.3) is 0 Å². The maximum Gasteiger partial charge on any atom is 0.0311 e. The lowest BCUT2D eigenvalue weighted by Gasteiger charge is -2.12. The number of benzene rings is 1. The van der Waals surface area contributed by atoms with Crippen LogP contribution in [0.15, 0.2) is 45.8 Å². The Kier molecular flexibility index (Phi) is 6.17. The van der Waals surface area contributed by atoms with E-state index >= 15 is 0 Å². The van der Waals surface area contributed by atoms with Gasteiger partial charge < -0.3 is 5.73 Å². The van der Waals surface area contributed by atoms with Gasteiger partial charge in [-0.15, -0.1) is 11.8 Å². The summed E-state index contributed by atoms with van der Waals surface area (Å²) in [6.07, 6.45) is 1.95. The molecule has 1 rings (SSSR count). The highest BCUT2D eigenvalue weighted by Crippen LogP contribution is 2.27. The predicted molar refractivity (Wildman–Crippen MR) is 76.9 cm³/mol. The van der Waals surface area contributed by atoms with Gasteiger partial charge in [-0.2, -0.15) is 0 Å². The molecule has 2 N–H and O–H groups in total. The number of halogens is 1. The smallest absolute Gasteiger partial charge is 0.0311 e. The van der Waals surface area contributed by atoms with Crippen molar-refractivity contribution in [3.05, 3.63) is 40.9 Å². The monoisotopic (exact) mass is 299 g/mol. The molecule has 0 aromatic heterocycles. The Morgan fingerprint density at radius 3 is 2.81 bits per heavy atom. The lowest BCUT2D eigenvalue weighted by Crippen LogP contribution is -2.23. The predicted octanol–water partition coefficient (Wildman–Crippen LogP) is 4.22. The second kappa shape index (κ2) is 7.15. The summed E-state index contributed by atoms with van der Waals surface area (Å²) in [5, 5.41) is 0. The van der Waals surface area contributed by atoms with Gasteiger partial charge in [-0.25, -0.2) is 0 Å². The molecule has 3 heteroatoms. The van der Waals surface area contributed by atoms with Gasteiger partial charge in [-0.3, -0.25) is 0 Å². The van der Waals surface area contributed by atoms with Crippen LogP contribution in [0.1, 0.15) is 19.8 Å². The van der Waals surface area contributed by atoms with Crippen molar-refractivity contribution in [3.63, 3.8) is 0 Å². The summed E-state index contributed by atoms with van der Waals surface area (Å²) < 4.78 is 1.14. The van der Waals surface area contributed by atoms with Crippen molar-refractivity contribution >= 4 is 27.7 Å². The number of nitrogens with two attached hydrogens (primary N) is 1. The lowest BCUT2D eigenvalue weighted by molar-refractivity contribution is 0.725. The van der Waals surface area contributed by atoms with E-state index in [0.29, 0.717) is 0 Å². The summed E-state index contributed by atoms with van der Waals surface area (Å²) in [5.74, 6) is 0.932. The molecule has 1 aromatic rings. The first-order chi connectivity index (χ1) is 7.63. The van der Waals surface area contributed by atoms with Crippen LogP contribution >= 0.6 is 27.7 Å². The SMILES string of the molecule is C=C(CC)CC(N)CSc1ccccc1Br. The average molecular weight is 300 g/mol. The second-order valence-electron chi connectivity index (χ2n) is 3.81. The van der Waals surface area contributed by atoms with E-state index in [2.05, 4.69) is 41.6 Å². The van der Waals surface area contributed by atoms with Crippen LogP contribution in [0.4, 0.5) is 0 Å². The highest BCUT2D eigenvalue weighted by atomic mass is 79.9. The highest BCUT2D eigenvalue weighted by Gasteiger charge is 2.06. The van der Waals surface area contributed by atoms with Crippen LogP contribution in [0.25, 0.3) is 0 Å². The van der Waals surface area contributed by atoms with Crippen molar-refractivity contribution in [2.75, 3.05) is 5.75 Å². The Morgan fingerprint density at radius 2 is 2.19 bits per heavy atom. The molecule has 0 spiro atoms. The van der Waals surface area contributed by atoms with Crippen LogP contribution in [-0.2, 0) is 0 Å². The molecule has 0 radical (unpaired) electrons. The van der Waals surface area contributed by atoms with E-state index in [9.17, 15) is 0 Å². The summed E-state index contributed by atoms with van der Waals surface area (Å²) in [4.78, 5) is 1.25. The molecule has 0 saturated carbocycles. The van der Waals surface area contributed by atoms with Crippen LogP contribution in [-0.4, -0.2) is 11.8 Å². The van der Waals surface area contributed by atoms with Crippen molar-refractivity contribution in [1.29, 1.82) is 0 Å². The third-order valence-corrected chi connectivity index (χ3v) is 4.56. The van der Waals surface area contributed by atoms with Gasteiger partial charge >= 0.3 is 0 Å². The van der Waals surface area contributed by atoms with E-state index in [4.69, 9.17) is 5.73 Å². The van der Waals surface area contributed by atoms with Crippen molar-refractivity contribution in [2.24, 2.45) is 5.73 Å². The zero-order valence-electron chi connectivity index (χ0n) is 9.58. The van der Waals surface area contributed by atoms with Gasteiger partial charge in [0.15, 0.2) is 0 Å². The Bertz CT molecular complexity index is 352. The molecule has 0 bridgehead atoms. The van der Waals surface area contributed by atoms with Gasteiger partial charge in [0.05, 0.1) is 0 Å². The topological polar surface area (TPSA) is 26.0 Å². The number of hydrogen-bond acceptors (Lipinski definition) is 2. The van der Waals surface area contributed by atoms with Crippen LogP contribution < -0.4 is 5.73 Å². The zero-order chi connectivity index (χ0) is 12.0. The molecule has 0 aliphatic carbocycles. The molecule has 88 valence electrons.